The van der Waals surface area contributed by atoms with Gasteiger partial charge in [-0.15, -0.1) is 6.42 Å². The molecule has 0 aliphatic heterocycles. The average molecular weight is 376 g/mol. The number of halogens is 1. The van der Waals surface area contributed by atoms with Crippen molar-refractivity contribution in [1.82, 2.24) is 0 Å². The van der Waals surface area contributed by atoms with E-state index >= 15 is 0 Å². The molecule has 0 aliphatic carbocycles. The second kappa shape index (κ2) is 9.21. The zero-order valence-corrected chi connectivity index (χ0v) is 15.1. The molecule has 6 heteroatoms. The summed E-state index contributed by atoms with van der Waals surface area (Å²) >= 11 is 3.12. The van der Waals surface area contributed by atoms with Gasteiger partial charge in [-0.3, -0.25) is 0 Å². The Balaban J connectivity index is 0.000000384. The molecule has 4 nitrogen and oxygen atoms in total. The molecule has 0 aromatic heterocycles. The first-order valence-corrected chi connectivity index (χ1v) is 8.94. The van der Waals surface area contributed by atoms with Crippen LogP contribution in [0.2, 0.25) is 0 Å². The highest BCUT2D eigenvalue weighted by Crippen LogP contribution is 2.13. The molecule has 1 rings (SSSR count). The first kappa shape index (κ1) is 20.1. The van der Waals surface area contributed by atoms with E-state index in [0.717, 1.165) is 35.1 Å². The van der Waals surface area contributed by atoms with Crippen LogP contribution < -0.4 is 0 Å². The Kier molecular flexibility index (Phi) is 8.83. The van der Waals surface area contributed by atoms with Crippen molar-refractivity contribution in [3.8, 4) is 12.3 Å². The van der Waals surface area contributed by atoms with Gasteiger partial charge in [0.15, 0.2) is 0 Å². The molecule has 0 amide bonds. The molecule has 118 valence electrons. The number of benzene rings is 1. The summed E-state index contributed by atoms with van der Waals surface area (Å²) in [5.74, 6) is 2.73. The molecule has 0 saturated carbocycles. The van der Waals surface area contributed by atoms with E-state index < -0.39 is 10.1 Å². The summed E-state index contributed by atoms with van der Waals surface area (Å²) in [7, 11) is -4.29. The fourth-order valence-corrected chi connectivity index (χ4v) is 2.53. The maximum atomic E-state index is 10.4. The fraction of sp³-hybridized carbons (Fsp3) is 0.467. The van der Waals surface area contributed by atoms with Crippen molar-refractivity contribution in [1.29, 1.82) is 0 Å². The number of nitrogens with zero attached hydrogens (tertiary/aromatic N) is 1. The van der Waals surface area contributed by atoms with Crippen LogP contribution >= 0.6 is 15.9 Å². The molecule has 0 fully saturated rings. The van der Waals surface area contributed by atoms with Crippen molar-refractivity contribution in [2.75, 3.05) is 26.2 Å². The van der Waals surface area contributed by atoms with E-state index in [9.17, 15) is 13.0 Å². The molecule has 0 bridgehead atoms. The summed E-state index contributed by atoms with van der Waals surface area (Å²) in [4.78, 5) is -0.208. The van der Waals surface area contributed by atoms with Crippen molar-refractivity contribution < 1.29 is 17.5 Å². The maximum absolute atomic E-state index is 10.4. The lowest BCUT2D eigenvalue weighted by Gasteiger charge is -2.33. The van der Waals surface area contributed by atoms with E-state index in [1.165, 1.54) is 24.3 Å². The highest BCUT2D eigenvalue weighted by atomic mass is 79.9. The van der Waals surface area contributed by atoms with E-state index in [2.05, 4.69) is 42.6 Å². The first-order chi connectivity index (χ1) is 9.74. The molecule has 0 spiro atoms. The zero-order chi connectivity index (χ0) is 16.5. The summed E-state index contributed by atoms with van der Waals surface area (Å²) < 4.78 is 32.9. The van der Waals surface area contributed by atoms with Gasteiger partial charge in [-0.25, -0.2) is 8.42 Å². The highest BCUT2D eigenvalue weighted by Gasteiger charge is 2.17. The minimum absolute atomic E-state index is 0.208. The van der Waals surface area contributed by atoms with Gasteiger partial charge >= 0.3 is 0 Å². The Labute approximate surface area is 136 Å². The van der Waals surface area contributed by atoms with E-state index in [-0.39, 0.29) is 4.90 Å². The van der Waals surface area contributed by atoms with Crippen molar-refractivity contribution in [2.45, 2.75) is 25.7 Å². The molecule has 0 radical (unpaired) electrons. The SMILES string of the molecule is C#CC[N+](CC)(CC)CC.O=S(=O)([O-])c1ccc(Br)cc1. The normalized spacial score (nSPS) is 11.2. The number of hydrogen-bond acceptors (Lipinski definition) is 3. The van der Waals surface area contributed by atoms with Gasteiger partial charge in [-0.1, -0.05) is 15.9 Å². The summed E-state index contributed by atoms with van der Waals surface area (Å²) in [6.45, 7) is 10.9. The van der Waals surface area contributed by atoms with E-state index in [1.807, 2.05) is 0 Å². The van der Waals surface area contributed by atoms with Gasteiger partial charge in [0.25, 0.3) is 0 Å². The van der Waals surface area contributed by atoms with Crippen LogP contribution in [-0.4, -0.2) is 43.6 Å². The van der Waals surface area contributed by atoms with Crippen molar-refractivity contribution in [3.63, 3.8) is 0 Å². The van der Waals surface area contributed by atoms with Crippen LogP contribution in [0.25, 0.3) is 0 Å². The fourth-order valence-electron chi connectivity index (χ4n) is 1.80. The second-order valence-electron chi connectivity index (χ2n) is 4.56. The van der Waals surface area contributed by atoms with Crippen molar-refractivity contribution in [2.24, 2.45) is 0 Å². The van der Waals surface area contributed by atoms with Gasteiger partial charge in [0, 0.05) is 4.47 Å². The third kappa shape index (κ3) is 7.09. The maximum Gasteiger partial charge on any atom is 0.140 e. The third-order valence-corrected chi connectivity index (χ3v) is 4.92. The standard InChI is InChI=1S/C9H18N.C6H5BrO3S/c1-5-9-10(6-2,7-3)8-4;7-5-1-3-6(4-2-5)11(8,9)10/h1H,6-9H2,2-4H3;1-4H,(H,8,9,10)/q+1;/p-1. The van der Waals surface area contributed by atoms with Gasteiger partial charge in [-0.05, 0) is 51.0 Å². The predicted octanol–water partition coefficient (Wildman–Crippen LogP) is 2.85. The topological polar surface area (TPSA) is 57.2 Å². The molecule has 0 unspecified atom stereocenters. The van der Waals surface area contributed by atoms with Gasteiger partial charge in [0.2, 0.25) is 0 Å². The zero-order valence-electron chi connectivity index (χ0n) is 12.7. The molecule has 0 heterocycles. The van der Waals surface area contributed by atoms with E-state index in [4.69, 9.17) is 6.42 Å². The van der Waals surface area contributed by atoms with Crippen LogP contribution in [0.15, 0.2) is 33.6 Å². The smallest absolute Gasteiger partial charge is 0.140 e. The lowest BCUT2D eigenvalue weighted by Crippen LogP contribution is -2.47. The summed E-state index contributed by atoms with van der Waals surface area (Å²) in [6, 6.07) is 5.52. The van der Waals surface area contributed by atoms with Crippen LogP contribution in [-0.2, 0) is 10.1 Å². The van der Waals surface area contributed by atoms with Crippen LogP contribution in [0.1, 0.15) is 20.8 Å². The van der Waals surface area contributed by atoms with Crippen LogP contribution in [0, 0.1) is 12.3 Å². The molecule has 21 heavy (non-hydrogen) atoms. The quantitative estimate of drug-likeness (QED) is 0.451. The lowest BCUT2D eigenvalue weighted by atomic mass is 10.3. The molecule has 0 saturated heterocycles. The minimum Gasteiger partial charge on any atom is -0.744 e. The Morgan fingerprint density at radius 2 is 1.57 bits per heavy atom. The van der Waals surface area contributed by atoms with Gasteiger partial charge in [-0.2, -0.15) is 0 Å². The molecular formula is C15H22BrNO3S. The average Bonchev–Trinajstić information content (AvgIpc) is 2.45. The third-order valence-electron chi connectivity index (χ3n) is 3.54. The summed E-state index contributed by atoms with van der Waals surface area (Å²) in [6.07, 6.45) is 5.28. The van der Waals surface area contributed by atoms with Gasteiger partial charge < -0.3 is 9.04 Å². The first-order valence-electron chi connectivity index (χ1n) is 6.74. The predicted molar refractivity (Wildman–Crippen MR) is 87.7 cm³/mol. The van der Waals surface area contributed by atoms with E-state index in [0.29, 0.717) is 0 Å². The largest absolute Gasteiger partial charge is 0.744 e. The molecule has 0 aliphatic rings. The highest BCUT2D eigenvalue weighted by molar-refractivity contribution is 9.10. The molecule has 1 aromatic carbocycles. The minimum atomic E-state index is -4.29. The van der Waals surface area contributed by atoms with E-state index in [1.54, 1.807) is 0 Å². The van der Waals surface area contributed by atoms with Crippen molar-refractivity contribution in [3.05, 3.63) is 28.7 Å². The summed E-state index contributed by atoms with van der Waals surface area (Å²) in [5.41, 5.74) is 0. The lowest BCUT2D eigenvalue weighted by molar-refractivity contribution is -0.916. The monoisotopic (exact) mass is 375 g/mol. The van der Waals surface area contributed by atoms with Gasteiger partial charge in [0.05, 0.1) is 24.5 Å². The van der Waals surface area contributed by atoms with Crippen LogP contribution in [0.5, 0.6) is 0 Å². The Hall–Kier alpha value is -0.870. The van der Waals surface area contributed by atoms with Crippen LogP contribution in [0.3, 0.4) is 0 Å². The Morgan fingerprint density at radius 1 is 1.14 bits per heavy atom. The number of terminal acetylenes is 1. The van der Waals surface area contributed by atoms with Gasteiger partial charge in [0.1, 0.15) is 16.7 Å². The second-order valence-corrected chi connectivity index (χ2v) is 6.86. The number of rotatable bonds is 5. The molecule has 1 aromatic rings. The number of hydrogen-bond donors (Lipinski definition) is 0. The summed E-state index contributed by atoms with van der Waals surface area (Å²) in [5, 5.41) is 0. The molecule has 0 N–H and O–H groups in total. The Bertz CT molecular complexity index is 549. The molecule has 0 atom stereocenters. The molecular weight excluding hydrogens is 354 g/mol. The van der Waals surface area contributed by atoms with Crippen LogP contribution in [0.4, 0.5) is 0 Å². The number of quaternary nitrogens is 1. The Morgan fingerprint density at radius 3 is 1.81 bits per heavy atom. The van der Waals surface area contributed by atoms with Crippen molar-refractivity contribution >= 4 is 26.0 Å².